The minimum Gasteiger partial charge on any atom is -0.396 e. The van der Waals surface area contributed by atoms with E-state index in [0.717, 1.165) is 23.4 Å². The van der Waals surface area contributed by atoms with Crippen LogP contribution in [0.3, 0.4) is 0 Å². The summed E-state index contributed by atoms with van der Waals surface area (Å²) in [5, 5.41) is 13.6. The molecule has 1 atom stereocenters. The van der Waals surface area contributed by atoms with Gasteiger partial charge in [-0.05, 0) is 31.9 Å². The van der Waals surface area contributed by atoms with E-state index >= 15 is 0 Å². The highest BCUT2D eigenvalue weighted by molar-refractivity contribution is 5.95. The largest absolute Gasteiger partial charge is 0.396 e. The molecule has 0 spiro atoms. The number of aromatic nitrogens is 2. The molecule has 1 saturated heterocycles. The molecule has 1 N–H and O–H groups in total. The van der Waals surface area contributed by atoms with Crippen LogP contribution in [0.5, 0.6) is 0 Å². The lowest BCUT2D eigenvalue weighted by Gasteiger charge is -2.16. The number of likely N-dealkylation sites (tertiary alicyclic amines) is 1. The highest BCUT2D eigenvalue weighted by Gasteiger charge is 2.28. The van der Waals surface area contributed by atoms with Crippen LogP contribution in [0, 0.1) is 19.8 Å². The number of hydrogen-bond acceptors (Lipinski definition) is 3. The Morgan fingerprint density at radius 3 is 2.82 bits per heavy atom. The Hall–Kier alpha value is -2.14. The van der Waals surface area contributed by atoms with Crippen LogP contribution in [0.2, 0.25) is 0 Å². The van der Waals surface area contributed by atoms with Crippen LogP contribution in [0.4, 0.5) is 0 Å². The van der Waals surface area contributed by atoms with Crippen molar-refractivity contribution in [2.45, 2.75) is 20.3 Å². The maximum Gasteiger partial charge on any atom is 0.257 e. The highest BCUT2D eigenvalue weighted by Crippen LogP contribution is 2.22. The van der Waals surface area contributed by atoms with Crippen LogP contribution in [0.15, 0.2) is 30.5 Å². The molecule has 1 aliphatic heterocycles. The first-order valence-corrected chi connectivity index (χ1v) is 7.62. The summed E-state index contributed by atoms with van der Waals surface area (Å²) < 4.78 is 1.82. The molecule has 3 rings (SSSR count). The van der Waals surface area contributed by atoms with E-state index in [9.17, 15) is 9.90 Å². The molecule has 1 aromatic carbocycles. The van der Waals surface area contributed by atoms with E-state index in [1.807, 2.05) is 47.7 Å². The molecular formula is C17H21N3O2. The minimum atomic E-state index is 0.00767. The molecule has 1 amide bonds. The van der Waals surface area contributed by atoms with Gasteiger partial charge in [0.05, 0.1) is 23.1 Å². The molecule has 5 nitrogen and oxygen atoms in total. The number of aryl methyl sites for hydroxylation is 1. The third-order valence-corrected chi connectivity index (χ3v) is 4.42. The van der Waals surface area contributed by atoms with Gasteiger partial charge in [0.25, 0.3) is 5.91 Å². The second-order valence-electron chi connectivity index (χ2n) is 5.93. The molecule has 0 saturated carbocycles. The molecule has 1 fully saturated rings. The second-order valence-corrected chi connectivity index (χ2v) is 5.93. The van der Waals surface area contributed by atoms with E-state index in [4.69, 9.17) is 0 Å². The van der Waals surface area contributed by atoms with Crippen LogP contribution >= 0.6 is 0 Å². The lowest BCUT2D eigenvalue weighted by atomic mass is 10.1. The number of nitrogens with zero attached hydrogens (tertiary/aromatic N) is 3. The van der Waals surface area contributed by atoms with Gasteiger partial charge < -0.3 is 10.0 Å². The average Bonchev–Trinajstić information content (AvgIpc) is 3.14. The van der Waals surface area contributed by atoms with Gasteiger partial charge in [0.2, 0.25) is 0 Å². The van der Waals surface area contributed by atoms with Crippen LogP contribution in [-0.4, -0.2) is 45.4 Å². The maximum atomic E-state index is 12.6. The van der Waals surface area contributed by atoms with Gasteiger partial charge in [-0.3, -0.25) is 4.79 Å². The molecule has 0 radical (unpaired) electrons. The van der Waals surface area contributed by atoms with Gasteiger partial charge in [-0.2, -0.15) is 5.10 Å². The predicted molar refractivity (Wildman–Crippen MR) is 84.1 cm³/mol. The van der Waals surface area contributed by atoms with E-state index in [0.29, 0.717) is 18.7 Å². The van der Waals surface area contributed by atoms with Crippen molar-refractivity contribution < 1.29 is 9.90 Å². The van der Waals surface area contributed by atoms with Crippen LogP contribution in [0.1, 0.15) is 28.0 Å². The van der Waals surface area contributed by atoms with Gasteiger partial charge in [0, 0.05) is 25.6 Å². The zero-order valence-electron chi connectivity index (χ0n) is 13.0. The fourth-order valence-electron chi connectivity index (χ4n) is 3.00. The zero-order chi connectivity index (χ0) is 15.7. The Labute approximate surface area is 130 Å². The summed E-state index contributed by atoms with van der Waals surface area (Å²) in [6, 6.07) is 7.99. The van der Waals surface area contributed by atoms with Crippen molar-refractivity contribution in [3.63, 3.8) is 0 Å². The summed E-state index contributed by atoms with van der Waals surface area (Å²) in [6.45, 7) is 5.44. The molecule has 2 heterocycles. The number of hydrogen-bond donors (Lipinski definition) is 1. The summed E-state index contributed by atoms with van der Waals surface area (Å²) in [5.41, 5.74) is 3.61. The lowest BCUT2D eigenvalue weighted by molar-refractivity contribution is 0.0781. The standard InChI is InChI=1S/C17H21N3O2/c1-12-5-3-4-6-16(12)20-13(2)15(9-18-20)17(22)19-8-7-14(10-19)11-21/h3-6,9,14,21H,7-8,10-11H2,1-2H3. The number of carbonyl (C=O) groups is 1. The third-order valence-electron chi connectivity index (χ3n) is 4.42. The molecular weight excluding hydrogens is 278 g/mol. The van der Waals surface area contributed by atoms with Crippen molar-refractivity contribution >= 4 is 5.91 Å². The Kier molecular flexibility index (Phi) is 3.98. The number of aliphatic hydroxyl groups is 1. The van der Waals surface area contributed by atoms with Gasteiger partial charge in [0.15, 0.2) is 0 Å². The first-order valence-electron chi connectivity index (χ1n) is 7.62. The Balaban J connectivity index is 1.88. The summed E-state index contributed by atoms with van der Waals surface area (Å²) in [6.07, 6.45) is 2.52. The Bertz CT molecular complexity index is 693. The number of carbonyl (C=O) groups excluding carboxylic acids is 1. The summed E-state index contributed by atoms with van der Waals surface area (Å²) in [7, 11) is 0. The lowest BCUT2D eigenvalue weighted by Crippen LogP contribution is -2.29. The molecule has 2 aromatic rings. The first kappa shape index (κ1) is 14.8. The topological polar surface area (TPSA) is 58.4 Å². The van der Waals surface area contributed by atoms with Gasteiger partial charge in [-0.25, -0.2) is 4.68 Å². The summed E-state index contributed by atoms with van der Waals surface area (Å²) in [4.78, 5) is 14.5. The van der Waals surface area contributed by atoms with E-state index in [2.05, 4.69) is 5.10 Å². The van der Waals surface area contributed by atoms with Crippen molar-refractivity contribution in [2.24, 2.45) is 5.92 Å². The van der Waals surface area contributed by atoms with E-state index in [-0.39, 0.29) is 18.4 Å². The first-order chi connectivity index (χ1) is 10.6. The summed E-state index contributed by atoms with van der Waals surface area (Å²) >= 11 is 0. The van der Waals surface area contributed by atoms with Gasteiger partial charge >= 0.3 is 0 Å². The van der Waals surface area contributed by atoms with Crippen molar-refractivity contribution in [1.82, 2.24) is 14.7 Å². The fourth-order valence-corrected chi connectivity index (χ4v) is 3.00. The molecule has 1 unspecified atom stereocenters. The molecule has 1 aliphatic rings. The number of amides is 1. The minimum absolute atomic E-state index is 0.00767. The molecule has 22 heavy (non-hydrogen) atoms. The molecule has 1 aromatic heterocycles. The van der Waals surface area contributed by atoms with Crippen molar-refractivity contribution in [2.75, 3.05) is 19.7 Å². The number of para-hydroxylation sites is 1. The normalized spacial score (nSPS) is 18.0. The predicted octanol–water partition coefficient (Wildman–Crippen LogP) is 1.94. The Morgan fingerprint density at radius 1 is 1.36 bits per heavy atom. The number of rotatable bonds is 3. The van der Waals surface area contributed by atoms with Crippen LogP contribution in [-0.2, 0) is 0 Å². The van der Waals surface area contributed by atoms with E-state index in [1.54, 1.807) is 6.20 Å². The highest BCUT2D eigenvalue weighted by atomic mass is 16.3. The smallest absolute Gasteiger partial charge is 0.257 e. The van der Waals surface area contributed by atoms with Gasteiger partial charge in [-0.15, -0.1) is 0 Å². The van der Waals surface area contributed by atoms with Crippen LogP contribution < -0.4 is 0 Å². The van der Waals surface area contributed by atoms with E-state index in [1.165, 1.54) is 0 Å². The molecule has 0 bridgehead atoms. The van der Waals surface area contributed by atoms with Crippen molar-refractivity contribution in [1.29, 1.82) is 0 Å². The van der Waals surface area contributed by atoms with Gasteiger partial charge in [0.1, 0.15) is 0 Å². The van der Waals surface area contributed by atoms with Crippen molar-refractivity contribution in [3.8, 4) is 5.69 Å². The third kappa shape index (κ3) is 2.52. The number of aliphatic hydroxyl groups excluding tert-OH is 1. The van der Waals surface area contributed by atoms with Gasteiger partial charge in [-0.1, -0.05) is 18.2 Å². The quantitative estimate of drug-likeness (QED) is 0.942. The zero-order valence-corrected chi connectivity index (χ0v) is 13.0. The SMILES string of the molecule is Cc1ccccc1-n1ncc(C(=O)N2CCC(CO)C2)c1C. The average molecular weight is 299 g/mol. The number of benzene rings is 1. The fraction of sp³-hybridized carbons (Fsp3) is 0.412. The second kappa shape index (κ2) is 5.93. The molecule has 5 heteroatoms. The van der Waals surface area contributed by atoms with Crippen LogP contribution in [0.25, 0.3) is 5.69 Å². The summed E-state index contributed by atoms with van der Waals surface area (Å²) in [5.74, 6) is 0.212. The van der Waals surface area contributed by atoms with E-state index < -0.39 is 0 Å². The maximum absolute atomic E-state index is 12.6. The molecule has 116 valence electrons. The van der Waals surface area contributed by atoms with Crippen molar-refractivity contribution in [3.05, 3.63) is 47.3 Å². The Morgan fingerprint density at radius 2 is 2.14 bits per heavy atom. The molecule has 0 aliphatic carbocycles. The monoisotopic (exact) mass is 299 g/mol.